The molecule has 4 rings (SSSR count). The van der Waals surface area contributed by atoms with Gasteiger partial charge in [0, 0.05) is 12.0 Å². The highest BCUT2D eigenvalue weighted by Gasteiger charge is 2.18. The fourth-order valence-corrected chi connectivity index (χ4v) is 2.86. The molecule has 0 aliphatic carbocycles. The Morgan fingerprint density at radius 3 is 2.78 bits per heavy atom. The van der Waals surface area contributed by atoms with E-state index in [9.17, 15) is 0 Å². The minimum absolute atomic E-state index is 0.0954. The maximum absolute atomic E-state index is 6.03. The molecule has 3 aromatic rings. The molecule has 1 aliphatic heterocycles. The van der Waals surface area contributed by atoms with Crippen molar-refractivity contribution in [2.24, 2.45) is 0 Å². The van der Waals surface area contributed by atoms with Crippen LogP contribution in [-0.2, 0) is 11.3 Å². The monoisotopic (exact) mass is 367 g/mol. The largest absolute Gasteiger partial charge is 0.497 e. The van der Waals surface area contributed by atoms with Crippen molar-refractivity contribution in [2.45, 2.75) is 19.1 Å². The lowest BCUT2D eigenvalue weighted by Gasteiger charge is -2.15. The summed E-state index contributed by atoms with van der Waals surface area (Å²) in [6.07, 6.45) is 1.00. The number of benzene rings is 2. The smallest absolute Gasteiger partial charge is 0.246 e. The first-order valence-electron chi connectivity index (χ1n) is 8.86. The van der Waals surface area contributed by atoms with Gasteiger partial charge in [-0.15, -0.1) is 0 Å². The Hall–Kier alpha value is -3.06. The number of anilines is 1. The lowest BCUT2D eigenvalue weighted by molar-refractivity contribution is 0.142. The van der Waals surface area contributed by atoms with E-state index in [1.54, 1.807) is 7.11 Å². The number of methoxy groups -OCH3 is 1. The van der Waals surface area contributed by atoms with Crippen molar-refractivity contribution >= 4 is 5.69 Å². The van der Waals surface area contributed by atoms with Crippen LogP contribution in [0.4, 0.5) is 5.69 Å². The van der Waals surface area contributed by atoms with Crippen LogP contribution in [0.3, 0.4) is 0 Å². The molecule has 1 atom stereocenters. The van der Waals surface area contributed by atoms with Crippen molar-refractivity contribution in [1.29, 1.82) is 0 Å². The van der Waals surface area contributed by atoms with E-state index < -0.39 is 0 Å². The number of para-hydroxylation sites is 2. The number of ether oxygens (including phenoxy) is 3. The summed E-state index contributed by atoms with van der Waals surface area (Å²) in [6, 6.07) is 15.3. The van der Waals surface area contributed by atoms with Crippen LogP contribution in [0.1, 0.15) is 12.3 Å². The number of hydrogen-bond acceptors (Lipinski definition) is 7. The maximum atomic E-state index is 6.03. The van der Waals surface area contributed by atoms with E-state index in [2.05, 4.69) is 15.5 Å². The predicted molar refractivity (Wildman–Crippen MR) is 99.9 cm³/mol. The van der Waals surface area contributed by atoms with Gasteiger partial charge in [-0.1, -0.05) is 17.3 Å². The second kappa shape index (κ2) is 8.09. The van der Waals surface area contributed by atoms with Gasteiger partial charge in [0.1, 0.15) is 17.6 Å². The third kappa shape index (κ3) is 4.20. The third-order valence-electron chi connectivity index (χ3n) is 4.31. The molecule has 1 unspecified atom stereocenters. The molecule has 27 heavy (non-hydrogen) atoms. The molecule has 140 valence electrons. The molecule has 1 fully saturated rings. The van der Waals surface area contributed by atoms with Gasteiger partial charge in [-0.2, -0.15) is 4.98 Å². The maximum Gasteiger partial charge on any atom is 0.246 e. The molecule has 0 radical (unpaired) electrons. The molecule has 1 aromatic heterocycles. The molecule has 1 saturated heterocycles. The van der Waals surface area contributed by atoms with Gasteiger partial charge in [0.2, 0.25) is 11.7 Å². The average Bonchev–Trinajstić information content (AvgIpc) is 3.39. The second-order valence-electron chi connectivity index (χ2n) is 6.19. The third-order valence-corrected chi connectivity index (χ3v) is 4.31. The standard InChI is InChI=1S/C20H21N3O4/c1-24-15-8-6-14(7-9-15)20-22-19(27-23-20)12-21-17-4-2-3-5-18(17)26-16-10-11-25-13-16/h2-9,16,21H,10-13H2,1H3. The molecule has 1 N–H and O–H groups in total. The van der Waals surface area contributed by atoms with Crippen LogP contribution in [0, 0.1) is 0 Å². The summed E-state index contributed by atoms with van der Waals surface area (Å²) in [5, 5.41) is 7.35. The molecule has 2 aromatic carbocycles. The van der Waals surface area contributed by atoms with Gasteiger partial charge in [0.05, 0.1) is 32.6 Å². The number of nitrogens with zero attached hydrogens (tertiary/aromatic N) is 2. The zero-order valence-corrected chi connectivity index (χ0v) is 15.1. The number of aromatic nitrogens is 2. The van der Waals surface area contributed by atoms with Crippen LogP contribution < -0.4 is 14.8 Å². The zero-order chi connectivity index (χ0) is 18.5. The summed E-state index contributed by atoms with van der Waals surface area (Å²) in [5.41, 5.74) is 1.75. The molecule has 0 bridgehead atoms. The first-order valence-corrected chi connectivity index (χ1v) is 8.86. The van der Waals surface area contributed by atoms with Crippen LogP contribution in [-0.4, -0.2) is 36.6 Å². The Morgan fingerprint density at radius 1 is 1.15 bits per heavy atom. The molecule has 2 heterocycles. The van der Waals surface area contributed by atoms with E-state index in [0.717, 1.165) is 35.8 Å². The lowest BCUT2D eigenvalue weighted by atomic mass is 10.2. The molecule has 0 saturated carbocycles. The van der Waals surface area contributed by atoms with Crippen LogP contribution in [0.5, 0.6) is 11.5 Å². The first kappa shape index (κ1) is 17.4. The fraction of sp³-hybridized carbons (Fsp3) is 0.300. The SMILES string of the molecule is COc1ccc(-c2noc(CNc3ccccc3OC3CCOC3)n2)cc1. The summed E-state index contributed by atoms with van der Waals surface area (Å²) in [6.45, 7) is 1.78. The molecular weight excluding hydrogens is 346 g/mol. The van der Waals surface area contributed by atoms with Gasteiger partial charge in [0.25, 0.3) is 0 Å². The van der Waals surface area contributed by atoms with Crippen LogP contribution >= 0.6 is 0 Å². The summed E-state index contributed by atoms with van der Waals surface area (Å²) in [7, 11) is 1.63. The summed E-state index contributed by atoms with van der Waals surface area (Å²) >= 11 is 0. The Morgan fingerprint density at radius 2 is 2.00 bits per heavy atom. The number of nitrogens with one attached hydrogen (secondary N) is 1. The number of rotatable bonds is 7. The highest BCUT2D eigenvalue weighted by molar-refractivity contribution is 5.57. The fourth-order valence-electron chi connectivity index (χ4n) is 2.86. The van der Waals surface area contributed by atoms with E-state index in [1.165, 1.54) is 0 Å². The van der Waals surface area contributed by atoms with E-state index in [0.29, 0.717) is 24.9 Å². The zero-order valence-electron chi connectivity index (χ0n) is 15.1. The molecular formula is C20H21N3O4. The van der Waals surface area contributed by atoms with E-state index in [-0.39, 0.29) is 6.10 Å². The van der Waals surface area contributed by atoms with Crippen molar-refractivity contribution in [3.05, 3.63) is 54.4 Å². The molecule has 0 spiro atoms. The van der Waals surface area contributed by atoms with Crippen LogP contribution in [0.15, 0.2) is 53.1 Å². The normalized spacial score (nSPS) is 16.3. The van der Waals surface area contributed by atoms with Gasteiger partial charge >= 0.3 is 0 Å². The van der Waals surface area contributed by atoms with Crippen molar-refractivity contribution in [1.82, 2.24) is 10.1 Å². The quantitative estimate of drug-likeness (QED) is 0.684. The van der Waals surface area contributed by atoms with E-state index in [1.807, 2.05) is 48.5 Å². The van der Waals surface area contributed by atoms with Crippen LogP contribution in [0.25, 0.3) is 11.4 Å². The summed E-state index contributed by atoms with van der Waals surface area (Å²) in [4.78, 5) is 4.44. The molecule has 1 aliphatic rings. The summed E-state index contributed by atoms with van der Waals surface area (Å²) in [5.74, 6) is 2.62. The topological polar surface area (TPSA) is 78.6 Å². The predicted octanol–water partition coefficient (Wildman–Crippen LogP) is 3.53. The van der Waals surface area contributed by atoms with E-state index >= 15 is 0 Å². The van der Waals surface area contributed by atoms with Crippen LogP contribution in [0.2, 0.25) is 0 Å². The lowest BCUT2D eigenvalue weighted by Crippen LogP contribution is -2.16. The van der Waals surface area contributed by atoms with Gasteiger partial charge < -0.3 is 24.1 Å². The van der Waals surface area contributed by atoms with Gasteiger partial charge in [-0.25, -0.2) is 0 Å². The minimum atomic E-state index is 0.0954. The van der Waals surface area contributed by atoms with Crippen molar-refractivity contribution in [3.8, 4) is 22.9 Å². The van der Waals surface area contributed by atoms with Gasteiger partial charge in [0.15, 0.2) is 0 Å². The van der Waals surface area contributed by atoms with Gasteiger partial charge in [-0.05, 0) is 36.4 Å². The molecule has 0 amide bonds. The Labute approximate surface area is 157 Å². The van der Waals surface area contributed by atoms with Gasteiger partial charge in [-0.3, -0.25) is 0 Å². The van der Waals surface area contributed by atoms with Crippen molar-refractivity contribution < 1.29 is 18.7 Å². The Balaban J connectivity index is 1.41. The van der Waals surface area contributed by atoms with E-state index in [4.69, 9.17) is 18.7 Å². The first-order chi connectivity index (χ1) is 13.3. The highest BCUT2D eigenvalue weighted by atomic mass is 16.5. The second-order valence-corrected chi connectivity index (χ2v) is 6.19. The Kier molecular flexibility index (Phi) is 5.20. The van der Waals surface area contributed by atoms with Crippen molar-refractivity contribution in [2.75, 3.05) is 25.6 Å². The number of hydrogen-bond donors (Lipinski definition) is 1. The molecule has 7 nitrogen and oxygen atoms in total. The Bertz CT molecular complexity index is 873. The highest BCUT2D eigenvalue weighted by Crippen LogP contribution is 2.27. The summed E-state index contributed by atoms with van der Waals surface area (Å²) < 4.78 is 21.9. The molecule has 7 heteroatoms. The van der Waals surface area contributed by atoms with Crippen molar-refractivity contribution in [3.63, 3.8) is 0 Å². The average molecular weight is 367 g/mol. The minimum Gasteiger partial charge on any atom is -0.497 e.